The van der Waals surface area contributed by atoms with Crippen molar-refractivity contribution >= 4 is 21.7 Å². The summed E-state index contributed by atoms with van der Waals surface area (Å²) >= 11 is 3.06. The number of benzene rings is 1. The summed E-state index contributed by atoms with van der Waals surface area (Å²) in [6, 6.07) is 6.25. The third-order valence-corrected chi connectivity index (χ3v) is 3.06. The van der Waals surface area contributed by atoms with Gasteiger partial charge in [0.05, 0.1) is 10.0 Å². The monoisotopic (exact) mass is 296 g/mol. The summed E-state index contributed by atoms with van der Waals surface area (Å²) in [5.74, 6) is -0.899. The van der Waals surface area contributed by atoms with Gasteiger partial charge in [-0.15, -0.1) is 0 Å². The van der Waals surface area contributed by atoms with E-state index in [4.69, 9.17) is 0 Å². The first kappa shape index (κ1) is 12.0. The van der Waals surface area contributed by atoms with Gasteiger partial charge in [0.2, 0.25) is 5.78 Å². The van der Waals surface area contributed by atoms with Gasteiger partial charge in [-0.1, -0.05) is 6.07 Å². The zero-order chi connectivity index (χ0) is 12.4. The van der Waals surface area contributed by atoms with Crippen LogP contribution in [0.1, 0.15) is 23.0 Å². The van der Waals surface area contributed by atoms with Gasteiger partial charge in [0.15, 0.2) is 0 Å². The lowest BCUT2D eigenvalue weighted by atomic mass is 10.1. The van der Waals surface area contributed by atoms with Crippen LogP contribution in [0.5, 0.6) is 0 Å². The molecule has 0 atom stereocenters. The van der Waals surface area contributed by atoms with E-state index in [1.54, 1.807) is 22.9 Å². The van der Waals surface area contributed by atoms with Crippen LogP contribution in [0.4, 0.5) is 4.39 Å². The number of aromatic nitrogens is 2. The summed E-state index contributed by atoms with van der Waals surface area (Å²) < 4.78 is 15.6. The molecule has 0 unspecified atom stereocenters. The van der Waals surface area contributed by atoms with Crippen molar-refractivity contribution in [1.82, 2.24) is 9.78 Å². The topological polar surface area (TPSA) is 34.9 Å². The molecule has 0 saturated heterocycles. The molecule has 0 aliphatic carbocycles. The molecule has 1 heterocycles. The van der Waals surface area contributed by atoms with E-state index in [1.807, 2.05) is 6.92 Å². The van der Waals surface area contributed by atoms with Crippen LogP contribution in [0.25, 0.3) is 0 Å². The Morgan fingerprint density at radius 2 is 2.24 bits per heavy atom. The first-order valence-electron chi connectivity index (χ1n) is 5.15. The quantitative estimate of drug-likeness (QED) is 0.816. The van der Waals surface area contributed by atoms with Gasteiger partial charge < -0.3 is 0 Å². The first-order valence-corrected chi connectivity index (χ1v) is 5.95. The second kappa shape index (κ2) is 4.79. The Morgan fingerprint density at radius 1 is 1.47 bits per heavy atom. The average molecular weight is 297 g/mol. The predicted octanol–water partition coefficient (Wildman–Crippen LogP) is 3.04. The number of rotatable bonds is 3. The molecule has 0 spiro atoms. The second-order valence-corrected chi connectivity index (χ2v) is 4.32. The van der Waals surface area contributed by atoms with E-state index >= 15 is 0 Å². The predicted molar refractivity (Wildman–Crippen MR) is 65.4 cm³/mol. The number of aryl methyl sites for hydroxylation is 1. The molecule has 1 aromatic carbocycles. The van der Waals surface area contributed by atoms with Crippen LogP contribution < -0.4 is 0 Å². The van der Waals surface area contributed by atoms with Crippen molar-refractivity contribution in [2.24, 2.45) is 0 Å². The molecule has 0 aliphatic rings. The number of hydrogen-bond acceptors (Lipinski definition) is 2. The Morgan fingerprint density at radius 3 is 2.94 bits per heavy atom. The fourth-order valence-electron chi connectivity index (χ4n) is 1.59. The highest BCUT2D eigenvalue weighted by Crippen LogP contribution is 2.21. The molecule has 2 rings (SSSR count). The normalized spacial score (nSPS) is 10.5. The zero-order valence-corrected chi connectivity index (χ0v) is 10.7. The Bertz CT molecular complexity index is 565. The van der Waals surface area contributed by atoms with Crippen LogP contribution in [-0.2, 0) is 6.54 Å². The van der Waals surface area contributed by atoms with Crippen LogP contribution in [0, 0.1) is 5.82 Å². The maximum absolute atomic E-state index is 13.8. The van der Waals surface area contributed by atoms with Crippen molar-refractivity contribution in [3.8, 4) is 0 Å². The molecule has 0 saturated carbocycles. The average Bonchev–Trinajstić information content (AvgIpc) is 2.80. The van der Waals surface area contributed by atoms with E-state index in [-0.39, 0.29) is 15.8 Å². The molecule has 3 nitrogen and oxygen atoms in total. The van der Waals surface area contributed by atoms with E-state index < -0.39 is 5.82 Å². The standard InChI is InChI=1S/C12H10BrFN2O/c1-2-16-10(6-7-15-16)12(17)8-4-3-5-9(13)11(8)14/h3-7H,2H2,1H3. The molecule has 17 heavy (non-hydrogen) atoms. The summed E-state index contributed by atoms with van der Waals surface area (Å²) in [6.45, 7) is 2.45. The van der Waals surface area contributed by atoms with Crippen LogP contribution >= 0.6 is 15.9 Å². The van der Waals surface area contributed by atoms with Gasteiger partial charge in [0.25, 0.3) is 0 Å². The molecule has 0 fully saturated rings. The van der Waals surface area contributed by atoms with Gasteiger partial charge in [-0.25, -0.2) is 4.39 Å². The number of carbonyl (C=O) groups is 1. The van der Waals surface area contributed by atoms with E-state index in [2.05, 4.69) is 21.0 Å². The Hall–Kier alpha value is -1.49. The minimum atomic E-state index is -0.540. The van der Waals surface area contributed by atoms with Crippen LogP contribution in [0.3, 0.4) is 0 Å². The fourth-order valence-corrected chi connectivity index (χ4v) is 1.96. The summed E-state index contributed by atoms with van der Waals surface area (Å²) in [5, 5.41) is 4.00. The molecule has 0 aliphatic heterocycles. The number of nitrogens with zero attached hydrogens (tertiary/aromatic N) is 2. The molecule has 0 amide bonds. The molecule has 1 aromatic heterocycles. The van der Waals surface area contributed by atoms with Crippen molar-refractivity contribution in [3.05, 3.63) is 52.0 Å². The van der Waals surface area contributed by atoms with Gasteiger partial charge in [0.1, 0.15) is 11.5 Å². The highest BCUT2D eigenvalue weighted by molar-refractivity contribution is 9.10. The molecule has 0 radical (unpaired) electrons. The third kappa shape index (κ3) is 2.15. The van der Waals surface area contributed by atoms with E-state index in [0.29, 0.717) is 12.2 Å². The maximum atomic E-state index is 13.8. The van der Waals surface area contributed by atoms with Crippen molar-refractivity contribution < 1.29 is 9.18 Å². The molecular weight excluding hydrogens is 287 g/mol. The molecule has 2 aromatic rings. The number of halogens is 2. The van der Waals surface area contributed by atoms with Gasteiger partial charge >= 0.3 is 0 Å². The Kier molecular flexibility index (Phi) is 3.38. The van der Waals surface area contributed by atoms with Crippen molar-refractivity contribution in [2.75, 3.05) is 0 Å². The lowest BCUT2D eigenvalue weighted by Gasteiger charge is -2.05. The second-order valence-electron chi connectivity index (χ2n) is 3.46. The zero-order valence-electron chi connectivity index (χ0n) is 9.15. The van der Waals surface area contributed by atoms with Gasteiger partial charge in [-0.05, 0) is 41.1 Å². The van der Waals surface area contributed by atoms with Crippen molar-refractivity contribution in [2.45, 2.75) is 13.5 Å². The molecule has 5 heteroatoms. The number of ketones is 1. The fraction of sp³-hybridized carbons (Fsp3) is 0.167. The number of carbonyl (C=O) groups excluding carboxylic acids is 1. The maximum Gasteiger partial charge on any atom is 0.214 e. The third-order valence-electron chi connectivity index (χ3n) is 2.44. The summed E-state index contributed by atoms with van der Waals surface area (Å²) in [5.41, 5.74) is 0.444. The lowest BCUT2D eigenvalue weighted by Crippen LogP contribution is -2.12. The van der Waals surface area contributed by atoms with Crippen molar-refractivity contribution in [1.29, 1.82) is 0 Å². The first-order chi connectivity index (χ1) is 8.15. The molecule has 0 N–H and O–H groups in total. The molecule has 88 valence electrons. The van der Waals surface area contributed by atoms with E-state index in [1.165, 1.54) is 12.3 Å². The molecular formula is C12H10BrFN2O. The minimum Gasteiger partial charge on any atom is -0.287 e. The number of hydrogen-bond donors (Lipinski definition) is 0. The lowest BCUT2D eigenvalue weighted by molar-refractivity contribution is 0.102. The van der Waals surface area contributed by atoms with E-state index in [9.17, 15) is 9.18 Å². The highest BCUT2D eigenvalue weighted by atomic mass is 79.9. The van der Waals surface area contributed by atoms with Gasteiger partial charge in [-0.2, -0.15) is 5.10 Å². The minimum absolute atomic E-state index is 0.0505. The van der Waals surface area contributed by atoms with Crippen LogP contribution in [-0.4, -0.2) is 15.6 Å². The summed E-state index contributed by atoms with van der Waals surface area (Å²) in [6.07, 6.45) is 1.53. The van der Waals surface area contributed by atoms with Gasteiger partial charge in [-0.3, -0.25) is 9.48 Å². The van der Waals surface area contributed by atoms with Gasteiger partial charge in [0, 0.05) is 12.7 Å². The van der Waals surface area contributed by atoms with Crippen LogP contribution in [0.2, 0.25) is 0 Å². The summed E-state index contributed by atoms with van der Waals surface area (Å²) in [7, 11) is 0. The highest BCUT2D eigenvalue weighted by Gasteiger charge is 2.18. The smallest absolute Gasteiger partial charge is 0.214 e. The van der Waals surface area contributed by atoms with Crippen LogP contribution in [0.15, 0.2) is 34.9 Å². The summed E-state index contributed by atoms with van der Waals surface area (Å²) in [4.78, 5) is 12.1. The Labute approximate surface area is 106 Å². The Balaban J connectivity index is 2.48. The SMILES string of the molecule is CCn1nccc1C(=O)c1cccc(Br)c1F. The van der Waals surface area contributed by atoms with E-state index in [0.717, 1.165) is 0 Å². The largest absolute Gasteiger partial charge is 0.287 e. The molecule has 0 bridgehead atoms. The van der Waals surface area contributed by atoms with Crippen molar-refractivity contribution in [3.63, 3.8) is 0 Å².